The van der Waals surface area contributed by atoms with Gasteiger partial charge >= 0.3 is 0 Å². The molecule has 0 atom stereocenters. The summed E-state index contributed by atoms with van der Waals surface area (Å²) in [5, 5.41) is 0.755. The zero-order valence-electron chi connectivity index (χ0n) is 9.97. The number of morpholine rings is 1. The van der Waals surface area contributed by atoms with Crippen LogP contribution >= 0.6 is 27.7 Å². The first-order chi connectivity index (χ1) is 9.22. The molecule has 1 fully saturated rings. The maximum absolute atomic E-state index is 11.9. The van der Waals surface area contributed by atoms with E-state index in [9.17, 15) is 4.79 Å². The van der Waals surface area contributed by atoms with E-state index in [-0.39, 0.29) is 5.91 Å². The summed E-state index contributed by atoms with van der Waals surface area (Å²) in [6.07, 6.45) is 1.72. The largest absolute Gasteiger partial charge is 0.450 e. The summed E-state index contributed by atoms with van der Waals surface area (Å²) in [6, 6.07) is 3.60. The molecule has 7 heteroatoms. The second kappa shape index (κ2) is 5.52. The SMILES string of the molecule is O=C1N=C(N2CCOCC2)S/C1=C\c1ccc(Br)o1. The molecule has 1 saturated heterocycles. The number of amidine groups is 1. The minimum atomic E-state index is -0.209. The van der Waals surface area contributed by atoms with Crippen molar-refractivity contribution in [2.45, 2.75) is 0 Å². The second-order valence-electron chi connectivity index (χ2n) is 4.05. The third kappa shape index (κ3) is 2.93. The highest BCUT2D eigenvalue weighted by molar-refractivity contribution is 9.10. The summed E-state index contributed by atoms with van der Waals surface area (Å²) in [4.78, 5) is 18.6. The fourth-order valence-corrected chi connectivity index (χ4v) is 3.09. The van der Waals surface area contributed by atoms with Crippen molar-refractivity contribution >= 4 is 44.8 Å². The first kappa shape index (κ1) is 13.0. The first-order valence-electron chi connectivity index (χ1n) is 5.83. The van der Waals surface area contributed by atoms with Crippen LogP contribution in [0.5, 0.6) is 0 Å². The lowest BCUT2D eigenvalue weighted by atomic mass is 10.4. The van der Waals surface area contributed by atoms with Crippen molar-refractivity contribution in [3.05, 3.63) is 27.5 Å². The number of nitrogens with zero attached hydrogens (tertiary/aromatic N) is 2. The molecule has 0 saturated carbocycles. The number of carbonyl (C=O) groups excluding carboxylic acids is 1. The Hall–Kier alpha value is -1.05. The van der Waals surface area contributed by atoms with Crippen LogP contribution in [0.3, 0.4) is 0 Å². The highest BCUT2D eigenvalue weighted by Crippen LogP contribution is 2.31. The number of aliphatic imine (C=N–C) groups is 1. The minimum absolute atomic E-state index is 0.209. The van der Waals surface area contributed by atoms with Gasteiger partial charge in [0, 0.05) is 19.2 Å². The van der Waals surface area contributed by atoms with E-state index >= 15 is 0 Å². The number of furan rings is 1. The van der Waals surface area contributed by atoms with Gasteiger partial charge in [-0.3, -0.25) is 4.79 Å². The van der Waals surface area contributed by atoms with E-state index in [2.05, 4.69) is 25.8 Å². The average Bonchev–Trinajstić information content (AvgIpc) is 2.98. The van der Waals surface area contributed by atoms with Crippen LogP contribution in [0.15, 0.2) is 31.1 Å². The predicted molar refractivity (Wildman–Crippen MR) is 76.8 cm³/mol. The number of hydrogen-bond acceptors (Lipinski definition) is 5. The molecule has 1 aromatic heterocycles. The van der Waals surface area contributed by atoms with Gasteiger partial charge in [-0.05, 0) is 39.8 Å². The van der Waals surface area contributed by atoms with E-state index in [1.54, 1.807) is 18.2 Å². The molecule has 19 heavy (non-hydrogen) atoms. The van der Waals surface area contributed by atoms with Crippen LogP contribution < -0.4 is 0 Å². The molecule has 3 rings (SSSR count). The summed E-state index contributed by atoms with van der Waals surface area (Å²) in [5.74, 6) is 0.431. The third-order valence-corrected chi connectivity index (χ3v) is 4.23. The van der Waals surface area contributed by atoms with Crippen molar-refractivity contribution in [2.24, 2.45) is 4.99 Å². The number of amides is 1. The molecule has 2 aliphatic rings. The standard InChI is InChI=1S/C12H11BrN2O3S/c13-10-2-1-8(18-10)7-9-11(16)14-12(19-9)15-3-5-17-6-4-15/h1-2,7H,3-6H2/b9-7-. The Morgan fingerprint density at radius 1 is 1.37 bits per heavy atom. The molecular weight excluding hydrogens is 332 g/mol. The normalized spacial score (nSPS) is 22.2. The molecule has 0 bridgehead atoms. The van der Waals surface area contributed by atoms with E-state index in [1.807, 2.05) is 0 Å². The van der Waals surface area contributed by atoms with E-state index in [1.165, 1.54) is 11.8 Å². The molecule has 0 aromatic carbocycles. The van der Waals surface area contributed by atoms with Gasteiger partial charge < -0.3 is 14.1 Å². The summed E-state index contributed by atoms with van der Waals surface area (Å²) in [7, 11) is 0. The minimum Gasteiger partial charge on any atom is -0.450 e. The lowest BCUT2D eigenvalue weighted by molar-refractivity contribution is -0.113. The first-order valence-corrected chi connectivity index (χ1v) is 7.44. The topological polar surface area (TPSA) is 55.0 Å². The highest BCUT2D eigenvalue weighted by Gasteiger charge is 2.27. The lowest BCUT2D eigenvalue weighted by Crippen LogP contribution is -2.38. The zero-order chi connectivity index (χ0) is 13.2. The molecule has 5 nitrogen and oxygen atoms in total. The number of carbonyl (C=O) groups is 1. The Labute approximate surface area is 122 Å². The molecule has 1 amide bonds. The average molecular weight is 343 g/mol. The number of hydrogen-bond donors (Lipinski definition) is 0. The van der Waals surface area contributed by atoms with Crippen LogP contribution in [-0.4, -0.2) is 42.3 Å². The molecule has 3 heterocycles. The molecule has 0 aliphatic carbocycles. The molecule has 0 N–H and O–H groups in total. The van der Waals surface area contributed by atoms with Gasteiger partial charge in [-0.15, -0.1) is 0 Å². The molecule has 1 aromatic rings. The van der Waals surface area contributed by atoms with E-state index < -0.39 is 0 Å². The Balaban J connectivity index is 1.74. The van der Waals surface area contributed by atoms with Crippen LogP contribution in [0, 0.1) is 0 Å². The molecule has 100 valence electrons. The summed E-state index contributed by atoms with van der Waals surface area (Å²) in [6.45, 7) is 2.91. The number of halogens is 1. The van der Waals surface area contributed by atoms with Crippen molar-refractivity contribution in [1.82, 2.24) is 4.90 Å². The molecule has 0 unspecified atom stereocenters. The third-order valence-electron chi connectivity index (χ3n) is 2.76. The van der Waals surface area contributed by atoms with Gasteiger partial charge in [0.25, 0.3) is 5.91 Å². The summed E-state index contributed by atoms with van der Waals surface area (Å²) < 4.78 is 11.3. The van der Waals surface area contributed by atoms with Gasteiger partial charge in [-0.2, -0.15) is 4.99 Å². The van der Waals surface area contributed by atoms with Crippen molar-refractivity contribution in [1.29, 1.82) is 0 Å². The predicted octanol–water partition coefficient (Wildman–Crippen LogP) is 2.34. The maximum Gasteiger partial charge on any atom is 0.286 e. The van der Waals surface area contributed by atoms with Gasteiger partial charge in [0.15, 0.2) is 9.84 Å². The van der Waals surface area contributed by atoms with Gasteiger partial charge in [0.1, 0.15) is 5.76 Å². The van der Waals surface area contributed by atoms with Crippen LogP contribution in [0.1, 0.15) is 5.76 Å². The monoisotopic (exact) mass is 342 g/mol. The van der Waals surface area contributed by atoms with Crippen molar-refractivity contribution in [3.8, 4) is 0 Å². The van der Waals surface area contributed by atoms with Crippen LogP contribution in [0.2, 0.25) is 0 Å². The Morgan fingerprint density at radius 2 is 2.16 bits per heavy atom. The van der Waals surface area contributed by atoms with Crippen molar-refractivity contribution in [2.75, 3.05) is 26.3 Å². The van der Waals surface area contributed by atoms with Crippen LogP contribution in [-0.2, 0) is 9.53 Å². The molecule has 0 spiro atoms. The fraction of sp³-hybridized carbons (Fsp3) is 0.333. The Bertz CT molecular complexity index is 561. The Morgan fingerprint density at radius 3 is 2.84 bits per heavy atom. The molecule has 2 aliphatic heterocycles. The molecular formula is C12H11BrN2O3S. The van der Waals surface area contributed by atoms with Crippen molar-refractivity contribution in [3.63, 3.8) is 0 Å². The van der Waals surface area contributed by atoms with E-state index in [0.29, 0.717) is 28.5 Å². The smallest absolute Gasteiger partial charge is 0.286 e. The summed E-state index contributed by atoms with van der Waals surface area (Å²) in [5.41, 5.74) is 0. The maximum atomic E-state index is 11.9. The van der Waals surface area contributed by atoms with Gasteiger partial charge in [0.2, 0.25) is 0 Å². The lowest BCUT2D eigenvalue weighted by Gasteiger charge is -2.27. The quantitative estimate of drug-likeness (QED) is 0.733. The highest BCUT2D eigenvalue weighted by atomic mass is 79.9. The van der Waals surface area contributed by atoms with Gasteiger partial charge in [0.05, 0.1) is 18.1 Å². The second-order valence-corrected chi connectivity index (χ2v) is 5.84. The fourth-order valence-electron chi connectivity index (χ4n) is 1.82. The Kier molecular flexibility index (Phi) is 3.76. The van der Waals surface area contributed by atoms with E-state index in [4.69, 9.17) is 9.15 Å². The molecule has 0 radical (unpaired) electrons. The van der Waals surface area contributed by atoms with Crippen LogP contribution in [0.25, 0.3) is 6.08 Å². The summed E-state index contributed by atoms with van der Waals surface area (Å²) >= 11 is 4.62. The van der Waals surface area contributed by atoms with Gasteiger partial charge in [-0.1, -0.05) is 0 Å². The number of thioether (sulfide) groups is 1. The van der Waals surface area contributed by atoms with Crippen molar-refractivity contribution < 1.29 is 13.9 Å². The zero-order valence-corrected chi connectivity index (χ0v) is 12.4. The number of rotatable bonds is 1. The number of ether oxygens (including phenoxy) is 1. The van der Waals surface area contributed by atoms with Gasteiger partial charge in [-0.25, -0.2) is 0 Å². The van der Waals surface area contributed by atoms with Crippen LogP contribution in [0.4, 0.5) is 0 Å². The van der Waals surface area contributed by atoms with E-state index in [0.717, 1.165) is 18.3 Å².